The molecule has 7 nitrogen and oxygen atoms in total. The van der Waals surface area contributed by atoms with Crippen molar-refractivity contribution in [1.29, 1.82) is 0 Å². The number of rotatable bonds is 5. The second-order valence-electron chi connectivity index (χ2n) is 7.21. The van der Waals surface area contributed by atoms with E-state index in [1.807, 2.05) is 32.0 Å². The summed E-state index contributed by atoms with van der Waals surface area (Å²) in [6, 6.07) is 11.0. The van der Waals surface area contributed by atoms with E-state index in [0.717, 1.165) is 28.5 Å². The zero-order chi connectivity index (χ0) is 21.3. The first kappa shape index (κ1) is 19.7. The summed E-state index contributed by atoms with van der Waals surface area (Å²) in [4.78, 5) is 39.7. The summed E-state index contributed by atoms with van der Waals surface area (Å²) in [6.45, 7) is 4.22. The fourth-order valence-corrected chi connectivity index (χ4v) is 3.87. The molecule has 154 valence electrons. The first-order chi connectivity index (χ1) is 14.5. The van der Waals surface area contributed by atoms with Gasteiger partial charge in [-0.15, -0.1) is 0 Å². The summed E-state index contributed by atoms with van der Waals surface area (Å²) in [5, 5.41) is 7.07. The minimum Gasteiger partial charge on any atom is -0.481 e. The van der Waals surface area contributed by atoms with Crippen LogP contribution >= 0.6 is 0 Å². The highest BCUT2D eigenvalue weighted by molar-refractivity contribution is 5.99. The van der Waals surface area contributed by atoms with Gasteiger partial charge in [0.05, 0.1) is 5.69 Å². The van der Waals surface area contributed by atoms with Crippen LogP contribution in [0.4, 0.5) is 5.69 Å². The van der Waals surface area contributed by atoms with Crippen molar-refractivity contribution in [2.45, 2.75) is 33.2 Å². The molecule has 0 saturated carbocycles. The molecule has 0 bridgehead atoms. The number of benzene rings is 2. The van der Waals surface area contributed by atoms with E-state index in [4.69, 9.17) is 4.74 Å². The van der Waals surface area contributed by atoms with Crippen LogP contribution in [0.5, 0.6) is 5.75 Å². The molecule has 0 radical (unpaired) electrons. The maximum absolute atomic E-state index is 12.9. The van der Waals surface area contributed by atoms with Gasteiger partial charge in [0, 0.05) is 11.9 Å². The number of carbonyl (C=O) groups excluding carboxylic acids is 2. The van der Waals surface area contributed by atoms with E-state index in [0.29, 0.717) is 23.2 Å². The lowest BCUT2D eigenvalue weighted by atomic mass is 10.0. The van der Waals surface area contributed by atoms with Gasteiger partial charge in [-0.25, -0.2) is 0 Å². The van der Waals surface area contributed by atoms with Gasteiger partial charge >= 0.3 is 0 Å². The Morgan fingerprint density at radius 3 is 2.60 bits per heavy atom. The Kier molecular flexibility index (Phi) is 5.27. The van der Waals surface area contributed by atoms with E-state index in [9.17, 15) is 14.4 Å². The van der Waals surface area contributed by atoms with Crippen LogP contribution in [0.3, 0.4) is 0 Å². The van der Waals surface area contributed by atoms with Crippen molar-refractivity contribution in [2.75, 3.05) is 11.9 Å². The van der Waals surface area contributed by atoms with Crippen molar-refractivity contribution in [2.24, 2.45) is 0 Å². The predicted octanol–water partition coefficient (Wildman–Crippen LogP) is 2.91. The van der Waals surface area contributed by atoms with Crippen molar-refractivity contribution in [1.82, 2.24) is 10.3 Å². The topological polar surface area (TPSA) is 100 Å². The van der Waals surface area contributed by atoms with Crippen LogP contribution in [-0.2, 0) is 24.2 Å². The van der Waals surface area contributed by atoms with Gasteiger partial charge in [-0.1, -0.05) is 38.1 Å². The third-order valence-corrected chi connectivity index (χ3v) is 5.30. The zero-order valence-corrected chi connectivity index (χ0v) is 16.9. The molecule has 2 heterocycles. The number of aryl methyl sites for hydroxylation is 2. The smallest absolute Gasteiger partial charge is 0.268 e. The highest BCUT2D eigenvalue weighted by Gasteiger charge is 2.20. The van der Waals surface area contributed by atoms with Gasteiger partial charge < -0.3 is 20.4 Å². The van der Waals surface area contributed by atoms with Gasteiger partial charge in [0.1, 0.15) is 11.4 Å². The van der Waals surface area contributed by atoms with Crippen LogP contribution in [0.1, 0.15) is 41.0 Å². The molecule has 1 aliphatic heterocycles. The van der Waals surface area contributed by atoms with Crippen molar-refractivity contribution in [3.8, 4) is 5.75 Å². The van der Waals surface area contributed by atoms with E-state index in [-0.39, 0.29) is 36.2 Å². The van der Waals surface area contributed by atoms with E-state index >= 15 is 0 Å². The van der Waals surface area contributed by atoms with E-state index in [1.54, 1.807) is 18.2 Å². The quantitative estimate of drug-likeness (QED) is 0.608. The molecule has 2 aromatic carbocycles. The Balaban J connectivity index is 1.62. The molecule has 0 fully saturated rings. The van der Waals surface area contributed by atoms with Gasteiger partial charge in [-0.05, 0) is 47.1 Å². The fraction of sp³-hybridized carbons (Fsp3) is 0.261. The van der Waals surface area contributed by atoms with Crippen molar-refractivity contribution in [3.05, 3.63) is 69.1 Å². The van der Waals surface area contributed by atoms with Gasteiger partial charge in [0.2, 0.25) is 0 Å². The summed E-state index contributed by atoms with van der Waals surface area (Å²) in [5.41, 5.74) is 3.23. The zero-order valence-electron chi connectivity index (χ0n) is 16.9. The maximum Gasteiger partial charge on any atom is 0.268 e. The maximum atomic E-state index is 12.9. The van der Waals surface area contributed by atoms with Crippen molar-refractivity contribution in [3.63, 3.8) is 0 Å². The minimum absolute atomic E-state index is 0.00516. The van der Waals surface area contributed by atoms with E-state index < -0.39 is 0 Å². The minimum atomic E-state index is -0.342. The van der Waals surface area contributed by atoms with Crippen molar-refractivity contribution >= 4 is 28.3 Å². The molecule has 7 heteroatoms. The molecule has 2 amide bonds. The molecule has 3 N–H and O–H groups in total. The number of H-pyrrole nitrogens is 1. The highest BCUT2D eigenvalue weighted by Crippen LogP contribution is 2.33. The Bertz CT molecular complexity index is 1210. The molecule has 0 saturated heterocycles. The van der Waals surface area contributed by atoms with Crippen LogP contribution in [0, 0.1) is 0 Å². The van der Waals surface area contributed by atoms with Gasteiger partial charge in [-0.2, -0.15) is 0 Å². The van der Waals surface area contributed by atoms with E-state index in [2.05, 4.69) is 15.6 Å². The standard InChI is InChI=1S/C23H23N3O4/c1-3-14-9-13(10-18-21(14)30-12-19(27)25-18)11-24-23(29)20-15(4-2)16-7-5-6-8-17(16)22(28)26-20/h5-10H,3-4,11-12H2,1-2H3,(H,24,29)(H,25,27)(H,26,28). The number of fused-ring (bicyclic) bond motifs is 2. The number of nitrogens with one attached hydrogen (secondary N) is 3. The summed E-state index contributed by atoms with van der Waals surface area (Å²) in [6.07, 6.45) is 1.35. The number of ether oxygens (including phenoxy) is 1. The molecule has 0 aliphatic carbocycles. The molecule has 1 aromatic heterocycles. The first-order valence-corrected chi connectivity index (χ1v) is 10.0. The second kappa shape index (κ2) is 8.02. The average Bonchev–Trinajstić information content (AvgIpc) is 2.76. The average molecular weight is 405 g/mol. The Morgan fingerprint density at radius 1 is 1.10 bits per heavy atom. The molecule has 3 aromatic rings. The van der Waals surface area contributed by atoms with Crippen LogP contribution in [0.25, 0.3) is 10.8 Å². The third-order valence-electron chi connectivity index (χ3n) is 5.30. The lowest BCUT2D eigenvalue weighted by Gasteiger charge is -2.22. The van der Waals surface area contributed by atoms with Crippen LogP contribution in [-0.4, -0.2) is 23.4 Å². The molecule has 0 spiro atoms. The Morgan fingerprint density at radius 2 is 1.87 bits per heavy atom. The summed E-state index contributed by atoms with van der Waals surface area (Å²) in [7, 11) is 0. The molecule has 0 unspecified atom stereocenters. The number of hydrogen-bond donors (Lipinski definition) is 3. The largest absolute Gasteiger partial charge is 0.481 e. The summed E-state index contributed by atoms with van der Waals surface area (Å²) < 4.78 is 5.55. The number of aromatic amines is 1. The number of hydrogen-bond acceptors (Lipinski definition) is 4. The van der Waals surface area contributed by atoms with Gasteiger partial charge in [0.25, 0.3) is 17.4 Å². The van der Waals surface area contributed by atoms with Crippen LogP contribution < -0.4 is 20.9 Å². The monoisotopic (exact) mass is 405 g/mol. The number of amides is 2. The predicted molar refractivity (Wildman–Crippen MR) is 115 cm³/mol. The molecular weight excluding hydrogens is 382 g/mol. The third kappa shape index (κ3) is 3.54. The molecule has 30 heavy (non-hydrogen) atoms. The molecule has 0 atom stereocenters. The van der Waals surface area contributed by atoms with Gasteiger partial charge in [-0.3, -0.25) is 14.4 Å². The lowest BCUT2D eigenvalue weighted by molar-refractivity contribution is -0.118. The highest BCUT2D eigenvalue weighted by atomic mass is 16.5. The SMILES string of the molecule is CCc1cc(CNC(=O)c2[nH]c(=O)c3ccccc3c2CC)cc2c1OCC(=O)N2. The summed E-state index contributed by atoms with van der Waals surface area (Å²) in [5.74, 6) is 0.136. The number of aromatic nitrogens is 1. The second-order valence-corrected chi connectivity index (χ2v) is 7.21. The number of carbonyl (C=O) groups is 2. The van der Waals surface area contributed by atoms with Gasteiger partial charge in [0.15, 0.2) is 6.61 Å². The fourth-order valence-electron chi connectivity index (χ4n) is 3.87. The summed E-state index contributed by atoms with van der Waals surface area (Å²) >= 11 is 0. The van der Waals surface area contributed by atoms with Crippen molar-refractivity contribution < 1.29 is 14.3 Å². The molecule has 4 rings (SSSR count). The molecule has 1 aliphatic rings. The van der Waals surface area contributed by atoms with Crippen LogP contribution in [0.2, 0.25) is 0 Å². The Labute approximate surface area is 173 Å². The van der Waals surface area contributed by atoms with Crippen LogP contribution in [0.15, 0.2) is 41.2 Å². The normalized spacial score (nSPS) is 12.8. The molecular formula is C23H23N3O4. The number of pyridine rings is 1. The lowest BCUT2D eigenvalue weighted by Crippen LogP contribution is -2.29. The first-order valence-electron chi connectivity index (χ1n) is 10.0. The Hall–Kier alpha value is -3.61. The number of anilines is 1. The van der Waals surface area contributed by atoms with E-state index in [1.165, 1.54) is 0 Å².